The van der Waals surface area contributed by atoms with Crippen LogP contribution in [-0.2, 0) is 24.6 Å². The maximum absolute atomic E-state index is 15.4. The Balaban J connectivity index is 1.38. The molecule has 2 heterocycles. The monoisotopic (exact) mass is 722 g/mol. The number of methoxy groups -OCH3 is 2. The fourth-order valence-corrected chi connectivity index (χ4v) is 9.35. The van der Waals surface area contributed by atoms with E-state index in [9.17, 15) is 19.5 Å². The van der Waals surface area contributed by atoms with Crippen molar-refractivity contribution in [2.45, 2.75) is 24.2 Å². The lowest BCUT2D eigenvalue weighted by molar-refractivity contribution is -0.127. The fourth-order valence-electron chi connectivity index (χ4n) is 9.04. The molecule has 6 atom stereocenters. The molecule has 2 aliphatic carbocycles. The number of halogens is 2. The molecule has 4 amide bonds. The summed E-state index contributed by atoms with van der Waals surface area (Å²) in [6.45, 7) is 0. The Morgan fingerprint density at radius 3 is 2.06 bits per heavy atom. The van der Waals surface area contributed by atoms with Crippen LogP contribution in [0.1, 0.15) is 29.9 Å². The van der Waals surface area contributed by atoms with Gasteiger partial charge in [-0.3, -0.25) is 24.1 Å². The smallest absolute Gasteiger partial charge is 0.246 e. The Kier molecular flexibility index (Phi) is 7.96. The van der Waals surface area contributed by atoms with Crippen LogP contribution in [-0.4, -0.2) is 43.0 Å². The molecule has 1 saturated carbocycles. The summed E-state index contributed by atoms with van der Waals surface area (Å²) in [5.41, 5.74) is 1.18. The van der Waals surface area contributed by atoms with E-state index in [2.05, 4.69) is 0 Å². The summed E-state index contributed by atoms with van der Waals surface area (Å²) in [6, 6.07) is 25.7. The Morgan fingerprint density at radius 2 is 1.41 bits per heavy atom. The number of phenolic OH excluding ortho intramolecular Hbond substituents is 1. The molecule has 2 aliphatic heterocycles. The van der Waals surface area contributed by atoms with Crippen LogP contribution in [0.25, 0.3) is 0 Å². The molecule has 0 aromatic heterocycles. The molecule has 8 rings (SSSR count). The number of ether oxygens (including phenoxy) is 2. The van der Waals surface area contributed by atoms with E-state index in [-0.39, 0.29) is 41.9 Å². The van der Waals surface area contributed by atoms with E-state index in [1.807, 2.05) is 36.4 Å². The summed E-state index contributed by atoms with van der Waals surface area (Å²) in [7, 11) is 2.84. The highest BCUT2D eigenvalue weighted by molar-refractivity contribution is 6.32. The van der Waals surface area contributed by atoms with Crippen molar-refractivity contribution in [1.29, 1.82) is 0 Å². The van der Waals surface area contributed by atoms with Gasteiger partial charge in [0.2, 0.25) is 29.4 Å². The lowest BCUT2D eigenvalue weighted by Crippen LogP contribution is -2.53. The third kappa shape index (κ3) is 4.74. The molecule has 51 heavy (non-hydrogen) atoms. The van der Waals surface area contributed by atoms with Crippen LogP contribution in [0, 0.1) is 23.7 Å². The van der Waals surface area contributed by atoms with Crippen LogP contribution < -0.4 is 19.3 Å². The maximum Gasteiger partial charge on any atom is 0.246 e. The van der Waals surface area contributed by atoms with Crippen LogP contribution in [0.15, 0.2) is 103 Å². The van der Waals surface area contributed by atoms with Gasteiger partial charge in [0.25, 0.3) is 0 Å². The molecule has 6 unspecified atom stereocenters. The highest BCUT2D eigenvalue weighted by Crippen LogP contribution is 2.65. The van der Waals surface area contributed by atoms with Crippen molar-refractivity contribution in [1.82, 2.24) is 0 Å². The number of carbonyl (C=O) groups is 4. The van der Waals surface area contributed by atoms with Gasteiger partial charge in [-0.2, -0.15) is 0 Å². The number of fused-ring (bicyclic) bond motifs is 4. The first-order valence-corrected chi connectivity index (χ1v) is 17.3. The fraction of sp³-hybridized carbons (Fsp3) is 0.250. The number of nitrogens with zero attached hydrogens (tertiary/aromatic N) is 2. The zero-order valence-corrected chi connectivity index (χ0v) is 29.1. The molecule has 2 saturated heterocycles. The van der Waals surface area contributed by atoms with Crippen molar-refractivity contribution < 1.29 is 33.8 Å². The predicted molar refractivity (Wildman–Crippen MR) is 191 cm³/mol. The zero-order chi connectivity index (χ0) is 35.8. The number of imide groups is 2. The second-order valence-corrected chi connectivity index (χ2v) is 14.2. The van der Waals surface area contributed by atoms with Gasteiger partial charge in [0.1, 0.15) is 0 Å². The second kappa shape index (κ2) is 12.3. The highest BCUT2D eigenvalue weighted by atomic mass is 35.5. The number of rotatable bonds is 6. The molecular weight excluding hydrogens is 691 g/mol. The van der Waals surface area contributed by atoms with E-state index < -0.39 is 46.8 Å². The molecule has 11 heteroatoms. The molecule has 4 aliphatic rings. The summed E-state index contributed by atoms with van der Waals surface area (Å²) in [5, 5.41) is 11.8. The van der Waals surface area contributed by atoms with Crippen molar-refractivity contribution in [2.24, 2.45) is 23.7 Å². The summed E-state index contributed by atoms with van der Waals surface area (Å²) in [4.78, 5) is 61.3. The minimum atomic E-state index is -1.50. The number of hydrogen-bond donors (Lipinski definition) is 1. The number of phenols is 1. The molecule has 3 fully saturated rings. The standard InChI is InChI=1S/C40H32Cl2N2O7/c1-50-31-17-21(18-32(51-2)35(31)45)34-27-15-16-28-33(38(48)43(36(28)46)25-13-11-23(41)12-14-25)29(27)20-30-37(47)44(26-10-6-9-24(42)19-26)39(49)40(30,34)22-7-4-3-5-8-22/h3-15,17-19,28-30,33-34,45H,16,20H2,1-2H3. The van der Waals surface area contributed by atoms with E-state index in [1.54, 1.807) is 60.7 Å². The van der Waals surface area contributed by atoms with Crippen molar-refractivity contribution in [3.8, 4) is 17.2 Å². The number of aromatic hydroxyl groups is 1. The van der Waals surface area contributed by atoms with E-state index in [1.165, 1.54) is 24.0 Å². The first-order chi connectivity index (χ1) is 24.6. The van der Waals surface area contributed by atoms with Gasteiger partial charge < -0.3 is 14.6 Å². The molecule has 1 N–H and O–H groups in total. The van der Waals surface area contributed by atoms with Gasteiger partial charge in [-0.1, -0.05) is 71.2 Å². The maximum atomic E-state index is 15.4. The van der Waals surface area contributed by atoms with Crippen LogP contribution >= 0.6 is 23.2 Å². The number of hydrogen-bond acceptors (Lipinski definition) is 7. The zero-order valence-electron chi connectivity index (χ0n) is 27.6. The number of benzene rings is 4. The van der Waals surface area contributed by atoms with Crippen LogP contribution in [0.2, 0.25) is 10.0 Å². The van der Waals surface area contributed by atoms with Crippen molar-refractivity contribution in [2.75, 3.05) is 24.0 Å². The highest BCUT2D eigenvalue weighted by Gasteiger charge is 2.70. The van der Waals surface area contributed by atoms with Gasteiger partial charge in [0.05, 0.1) is 48.8 Å². The average molecular weight is 724 g/mol. The summed E-state index contributed by atoms with van der Waals surface area (Å²) in [5.74, 6) is -5.34. The third-order valence-corrected chi connectivity index (χ3v) is 11.6. The molecule has 4 aromatic carbocycles. The Hall–Kier alpha value is -5.12. The Morgan fingerprint density at radius 1 is 0.725 bits per heavy atom. The predicted octanol–water partition coefficient (Wildman–Crippen LogP) is 7.08. The molecule has 258 valence electrons. The number of amides is 4. The SMILES string of the molecule is COc1cc(C2C3=CCC4C(=O)N(c5ccc(Cl)cc5)C(=O)C4C3CC3C(=O)N(c4cccc(Cl)c4)C(=O)C32c2ccccc2)cc(OC)c1O. The topological polar surface area (TPSA) is 113 Å². The van der Waals surface area contributed by atoms with Gasteiger partial charge >= 0.3 is 0 Å². The van der Waals surface area contributed by atoms with E-state index >= 15 is 4.79 Å². The summed E-state index contributed by atoms with van der Waals surface area (Å²) >= 11 is 12.5. The molecule has 9 nitrogen and oxygen atoms in total. The third-order valence-electron chi connectivity index (χ3n) is 11.1. The first-order valence-electron chi connectivity index (χ1n) is 16.6. The van der Waals surface area contributed by atoms with Gasteiger partial charge in [-0.25, -0.2) is 4.90 Å². The molecule has 0 radical (unpaired) electrons. The number of carbonyl (C=O) groups excluding carboxylic acids is 4. The average Bonchev–Trinajstić information content (AvgIpc) is 3.53. The van der Waals surface area contributed by atoms with Crippen molar-refractivity contribution >= 4 is 58.2 Å². The summed E-state index contributed by atoms with van der Waals surface area (Å²) in [6.07, 6.45) is 2.36. The van der Waals surface area contributed by atoms with E-state index in [0.717, 1.165) is 5.57 Å². The molecule has 4 aromatic rings. The summed E-state index contributed by atoms with van der Waals surface area (Å²) < 4.78 is 11.2. The van der Waals surface area contributed by atoms with Crippen LogP contribution in [0.4, 0.5) is 11.4 Å². The second-order valence-electron chi connectivity index (χ2n) is 13.4. The molecular formula is C40H32Cl2N2O7. The van der Waals surface area contributed by atoms with Gasteiger partial charge in [-0.05, 0) is 84.5 Å². The van der Waals surface area contributed by atoms with Crippen molar-refractivity contribution in [3.05, 3.63) is 124 Å². The number of anilines is 2. The van der Waals surface area contributed by atoms with Gasteiger partial charge in [-0.15, -0.1) is 0 Å². The number of allylic oxidation sites excluding steroid dienone is 2. The quantitative estimate of drug-likeness (QED) is 0.167. The normalized spacial score (nSPS) is 26.8. The Bertz CT molecular complexity index is 2130. The minimum absolute atomic E-state index is 0.116. The lowest BCUT2D eigenvalue weighted by Gasteiger charge is -2.50. The lowest BCUT2D eigenvalue weighted by atomic mass is 9.49. The molecule has 0 spiro atoms. The largest absolute Gasteiger partial charge is 0.502 e. The van der Waals surface area contributed by atoms with E-state index in [4.69, 9.17) is 32.7 Å². The Labute approximate surface area is 304 Å². The van der Waals surface area contributed by atoms with E-state index in [0.29, 0.717) is 32.5 Å². The van der Waals surface area contributed by atoms with Gasteiger partial charge in [0.15, 0.2) is 11.5 Å². The van der Waals surface area contributed by atoms with Crippen LogP contribution in [0.5, 0.6) is 17.2 Å². The minimum Gasteiger partial charge on any atom is -0.502 e. The van der Waals surface area contributed by atoms with Crippen LogP contribution in [0.3, 0.4) is 0 Å². The molecule has 0 bridgehead atoms. The van der Waals surface area contributed by atoms with Crippen molar-refractivity contribution in [3.63, 3.8) is 0 Å². The first kappa shape index (κ1) is 33.0. The van der Waals surface area contributed by atoms with Gasteiger partial charge in [0, 0.05) is 16.0 Å².